The number of unbranched alkanes of at least 4 members (excludes halogenated alkanes) is 2. The van der Waals surface area contributed by atoms with E-state index in [0.717, 1.165) is 25.7 Å². The molecule has 0 rings (SSSR count). The zero-order valence-corrected chi connectivity index (χ0v) is 16.3. The maximum absolute atomic E-state index is 10.8. The number of allylic oxidation sites excluding steroid dienone is 4. The molecule has 0 aliphatic rings. The first-order chi connectivity index (χ1) is 12.3. The molecule has 0 fully saturated rings. The Hall–Kier alpha value is -1.67. The number of carbonyl (C=O) groups excluding carboxylic acids is 1. The van der Waals surface area contributed by atoms with Crippen molar-refractivity contribution in [1.82, 2.24) is 0 Å². The molecule has 0 amide bonds. The fourth-order valence-corrected chi connectivity index (χ4v) is 2.27. The van der Waals surface area contributed by atoms with E-state index >= 15 is 0 Å². The summed E-state index contributed by atoms with van der Waals surface area (Å²) in [6.07, 6.45) is 13.3. The smallest absolute Gasteiger partial charge is 0.129 e. The molecule has 3 atom stereocenters. The predicted molar refractivity (Wildman–Crippen MR) is 107 cm³/mol. The molecule has 0 aromatic heterocycles. The molecule has 0 aromatic rings. The largest absolute Gasteiger partial charge is 0.390 e. The van der Waals surface area contributed by atoms with Crippen LogP contribution in [0.25, 0.3) is 0 Å². The number of aliphatic hydroxyl groups is 3. The zero-order chi connectivity index (χ0) is 19.8. The Morgan fingerprint density at radius 2 is 1.81 bits per heavy atom. The summed E-state index contributed by atoms with van der Waals surface area (Å²) in [4.78, 5) is 10.8. The molecule has 0 saturated carbocycles. The van der Waals surface area contributed by atoms with Crippen LogP contribution < -0.4 is 0 Å². The van der Waals surface area contributed by atoms with E-state index in [2.05, 4.69) is 18.8 Å². The van der Waals surface area contributed by atoms with Gasteiger partial charge in [0.1, 0.15) is 5.78 Å². The van der Waals surface area contributed by atoms with Crippen LogP contribution in [0, 0.1) is 11.8 Å². The van der Waals surface area contributed by atoms with Crippen molar-refractivity contribution in [1.29, 1.82) is 0 Å². The lowest BCUT2D eigenvalue weighted by atomic mass is 9.98. The van der Waals surface area contributed by atoms with E-state index < -0.39 is 17.8 Å². The topological polar surface area (TPSA) is 77.8 Å². The Morgan fingerprint density at radius 3 is 2.46 bits per heavy atom. The first-order valence-corrected chi connectivity index (χ1v) is 9.38. The van der Waals surface area contributed by atoms with Gasteiger partial charge >= 0.3 is 0 Å². The van der Waals surface area contributed by atoms with Crippen molar-refractivity contribution >= 4 is 5.78 Å². The molecule has 4 heteroatoms. The highest BCUT2D eigenvalue weighted by molar-refractivity contribution is 5.75. The molecule has 3 unspecified atom stereocenters. The maximum atomic E-state index is 10.8. The van der Waals surface area contributed by atoms with Gasteiger partial charge in [-0.3, -0.25) is 0 Å². The summed E-state index contributed by atoms with van der Waals surface area (Å²) in [6, 6.07) is 0. The molecule has 4 nitrogen and oxygen atoms in total. The summed E-state index contributed by atoms with van der Waals surface area (Å²) in [5.41, 5.74) is -0.823. The van der Waals surface area contributed by atoms with E-state index in [-0.39, 0.29) is 5.78 Å². The second-order valence-electron chi connectivity index (χ2n) is 6.83. The van der Waals surface area contributed by atoms with Crippen LogP contribution in [0.2, 0.25) is 0 Å². The van der Waals surface area contributed by atoms with Gasteiger partial charge in [0.05, 0.1) is 17.8 Å². The third-order valence-electron chi connectivity index (χ3n) is 3.92. The van der Waals surface area contributed by atoms with Gasteiger partial charge in [0, 0.05) is 6.42 Å². The minimum Gasteiger partial charge on any atom is -0.390 e. The van der Waals surface area contributed by atoms with Crippen LogP contribution >= 0.6 is 0 Å². The molecule has 0 aromatic carbocycles. The third kappa shape index (κ3) is 14.7. The fraction of sp³-hybridized carbons (Fsp3) is 0.591. The SMILES string of the molecule is CCCCCC(C)(O)/C=C/C#C/C=C/C=C/C(O)C(O)CCCC(C)=O. The van der Waals surface area contributed by atoms with Gasteiger partial charge < -0.3 is 20.1 Å². The van der Waals surface area contributed by atoms with Crippen LogP contribution in [0.1, 0.15) is 65.7 Å². The summed E-state index contributed by atoms with van der Waals surface area (Å²) in [6.45, 7) is 5.42. The van der Waals surface area contributed by atoms with E-state index in [1.807, 2.05) is 0 Å². The molecule has 26 heavy (non-hydrogen) atoms. The third-order valence-corrected chi connectivity index (χ3v) is 3.92. The highest BCUT2D eigenvalue weighted by Gasteiger charge is 2.14. The van der Waals surface area contributed by atoms with Gasteiger partial charge in [-0.1, -0.05) is 56.3 Å². The molecular weight excluding hydrogens is 328 g/mol. The van der Waals surface area contributed by atoms with Gasteiger partial charge in [0.2, 0.25) is 0 Å². The van der Waals surface area contributed by atoms with Crippen LogP contribution in [0.5, 0.6) is 0 Å². The molecule has 0 aliphatic carbocycles. The minimum atomic E-state index is -0.960. The molecule has 0 aliphatic heterocycles. The highest BCUT2D eigenvalue weighted by Crippen LogP contribution is 2.15. The summed E-state index contributed by atoms with van der Waals surface area (Å²) >= 11 is 0. The van der Waals surface area contributed by atoms with E-state index in [9.17, 15) is 20.1 Å². The van der Waals surface area contributed by atoms with Gasteiger partial charge in [-0.15, -0.1) is 0 Å². The second kappa shape index (κ2) is 14.5. The number of hydrogen-bond donors (Lipinski definition) is 3. The lowest BCUT2D eigenvalue weighted by molar-refractivity contribution is -0.117. The molecule has 3 N–H and O–H groups in total. The van der Waals surface area contributed by atoms with E-state index in [4.69, 9.17) is 0 Å². The predicted octanol–water partition coefficient (Wildman–Crippen LogP) is 3.47. The van der Waals surface area contributed by atoms with Crippen molar-refractivity contribution in [2.75, 3.05) is 0 Å². The number of carbonyl (C=O) groups is 1. The summed E-state index contributed by atoms with van der Waals surface area (Å²) in [5, 5.41) is 29.7. The molecule has 0 saturated heterocycles. The number of rotatable bonds is 12. The quantitative estimate of drug-likeness (QED) is 0.282. The lowest BCUT2D eigenvalue weighted by Gasteiger charge is -2.17. The van der Waals surface area contributed by atoms with Crippen molar-refractivity contribution in [2.45, 2.75) is 83.5 Å². The van der Waals surface area contributed by atoms with Gasteiger partial charge in [-0.2, -0.15) is 0 Å². The normalized spacial score (nSPS) is 16.5. The minimum absolute atomic E-state index is 0.0836. The van der Waals surface area contributed by atoms with Crippen molar-refractivity contribution < 1.29 is 20.1 Å². The van der Waals surface area contributed by atoms with E-state index in [0.29, 0.717) is 19.3 Å². The Kier molecular flexibility index (Phi) is 13.6. The average Bonchev–Trinajstić information content (AvgIpc) is 2.56. The van der Waals surface area contributed by atoms with Gasteiger partial charge in [-0.25, -0.2) is 0 Å². The average molecular weight is 363 g/mol. The van der Waals surface area contributed by atoms with Crippen LogP contribution in [-0.2, 0) is 4.79 Å². The maximum Gasteiger partial charge on any atom is 0.129 e. The standard InChI is InChI=1S/C22H34O4/c1-4-5-11-17-22(3,26)18-12-9-7-6-8-10-15-20(24)21(25)16-13-14-19(2)23/h6,8,10,12,15,18,20-21,24-26H,4-5,11,13-14,16-17H2,1-3H3/b8-6+,15-10+,18-12+. The van der Waals surface area contributed by atoms with Crippen LogP contribution in [-0.4, -0.2) is 38.9 Å². The highest BCUT2D eigenvalue weighted by atomic mass is 16.3. The van der Waals surface area contributed by atoms with Crippen molar-refractivity contribution in [3.8, 4) is 11.8 Å². The fourth-order valence-electron chi connectivity index (χ4n) is 2.27. The van der Waals surface area contributed by atoms with E-state index in [1.165, 1.54) is 13.0 Å². The Morgan fingerprint density at radius 1 is 1.12 bits per heavy atom. The monoisotopic (exact) mass is 362 g/mol. The van der Waals surface area contributed by atoms with Crippen molar-refractivity contribution in [3.63, 3.8) is 0 Å². The first kappa shape index (κ1) is 24.3. The first-order valence-electron chi connectivity index (χ1n) is 9.38. The summed E-state index contributed by atoms with van der Waals surface area (Å²) < 4.78 is 0. The molecule has 0 bridgehead atoms. The molecule has 0 radical (unpaired) electrons. The van der Waals surface area contributed by atoms with Gasteiger partial charge in [0.25, 0.3) is 0 Å². The van der Waals surface area contributed by atoms with E-state index in [1.54, 1.807) is 37.3 Å². The lowest BCUT2D eigenvalue weighted by Crippen LogP contribution is -2.23. The molecule has 0 spiro atoms. The van der Waals surface area contributed by atoms with Crippen molar-refractivity contribution in [2.24, 2.45) is 0 Å². The van der Waals surface area contributed by atoms with Gasteiger partial charge in [0.15, 0.2) is 0 Å². The number of aliphatic hydroxyl groups excluding tert-OH is 2. The number of ketones is 1. The van der Waals surface area contributed by atoms with Crippen LogP contribution in [0.15, 0.2) is 36.5 Å². The number of Topliss-reactive ketones (excluding diaryl/α,β-unsaturated/α-hetero) is 1. The zero-order valence-electron chi connectivity index (χ0n) is 16.3. The second-order valence-corrected chi connectivity index (χ2v) is 6.83. The van der Waals surface area contributed by atoms with Crippen molar-refractivity contribution in [3.05, 3.63) is 36.5 Å². The Bertz CT molecular complexity index is 532. The van der Waals surface area contributed by atoms with Crippen LogP contribution in [0.3, 0.4) is 0 Å². The van der Waals surface area contributed by atoms with Crippen LogP contribution in [0.4, 0.5) is 0 Å². The van der Waals surface area contributed by atoms with Gasteiger partial charge in [-0.05, 0) is 51.3 Å². The summed E-state index contributed by atoms with van der Waals surface area (Å²) in [5.74, 6) is 5.72. The molecule has 146 valence electrons. The molecular formula is C22H34O4. The Labute approximate surface area is 158 Å². The summed E-state index contributed by atoms with van der Waals surface area (Å²) in [7, 11) is 0. The number of hydrogen-bond acceptors (Lipinski definition) is 4. The molecule has 0 heterocycles. The Balaban J connectivity index is 4.18.